The number of rotatable bonds is 4. The third kappa shape index (κ3) is 3.57. The molecule has 1 aromatic carbocycles. The number of benzene rings is 1. The van der Waals surface area contributed by atoms with Crippen molar-refractivity contribution in [1.82, 2.24) is 5.32 Å². The Bertz CT molecular complexity index is 559. The van der Waals surface area contributed by atoms with Gasteiger partial charge in [-0.1, -0.05) is 26.0 Å². The van der Waals surface area contributed by atoms with Gasteiger partial charge >= 0.3 is 0 Å². The monoisotopic (exact) mass is 305 g/mol. The van der Waals surface area contributed by atoms with Crippen LogP contribution in [0.25, 0.3) is 0 Å². The number of nitrogens with two attached hydrogens (primary N) is 1. The molecule has 0 saturated heterocycles. The van der Waals surface area contributed by atoms with E-state index in [4.69, 9.17) is 10.5 Å². The topological polar surface area (TPSA) is 84.7 Å². The maximum atomic E-state index is 12.4. The fourth-order valence-electron chi connectivity index (χ4n) is 2.30. The van der Waals surface area contributed by atoms with Crippen molar-refractivity contribution in [2.75, 3.05) is 18.0 Å². The maximum absolute atomic E-state index is 12.4. The quantitative estimate of drug-likeness (QED) is 0.865. The summed E-state index contributed by atoms with van der Waals surface area (Å²) in [4.78, 5) is 25.9. The Labute approximate surface area is 130 Å². The summed E-state index contributed by atoms with van der Waals surface area (Å²) in [5, 5.41) is 2.61. The van der Waals surface area contributed by atoms with Gasteiger partial charge in [-0.25, -0.2) is 0 Å². The van der Waals surface area contributed by atoms with E-state index in [2.05, 4.69) is 5.32 Å². The van der Waals surface area contributed by atoms with Crippen molar-refractivity contribution in [2.24, 2.45) is 11.7 Å². The van der Waals surface area contributed by atoms with Crippen LogP contribution in [0.5, 0.6) is 5.75 Å². The molecule has 0 radical (unpaired) electrons. The first-order valence-corrected chi connectivity index (χ1v) is 7.49. The van der Waals surface area contributed by atoms with Gasteiger partial charge in [0.05, 0.1) is 24.8 Å². The lowest BCUT2D eigenvalue weighted by Gasteiger charge is -2.33. The average molecular weight is 305 g/mol. The summed E-state index contributed by atoms with van der Waals surface area (Å²) in [5.74, 6) is 0.226. The van der Waals surface area contributed by atoms with Crippen LogP contribution in [-0.2, 0) is 9.59 Å². The Morgan fingerprint density at radius 1 is 1.41 bits per heavy atom. The van der Waals surface area contributed by atoms with Crippen molar-refractivity contribution in [2.45, 2.75) is 32.9 Å². The summed E-state index contributed by atoms with van der Waals surface area (Å²) < 4.78 is 5.71. The summed E-state index contributed by atoms with van der Waals surface area (Å²) >= 11 is 0. The van der Waals surface area contributed by atoms with Gasteiger partial charge in [0.15, 0.2) is 0 Å². The number of nitrogens with zero attached hydrogens (tertiary/aromatic N) is 1. The first-order valence-electron chi connectivity index (χ1n) is 7.49. The molecule has 2 atom stereocenters. The van der Waals surface area contributed by atoms with E-state index in [1.165, 1.54) is 0 Å². The molecule has 0 fully saturated rings. The van der Waals surface area contributed by atoms with E-state index in [-0.39, 0.29) is 30.4 Å². The number of amides is 2. The molecular weight excluding hydrogens is 282 g/mol. The first kappa shape index (κ1) is 16.3. The summed E-state index contributed by atoms with van der Waals surface area (Å²) in [5.41, 5.74) is 6.50. The van der Waals surface area contributed by atoms with Gasteiger partial charge in [-0.15, -0.1) is 0 Å². The molecule has 0 saturated carbocycles. The number of ether oxygens (including phenoxy) is 1. The van der Waals surface area contributed by atoms with Crippen molar-refractivity contribution in [1.29, 1.82) is 0 Å². The Kier molecular flexibility index (Phi) is 5.03. The zero-order valence-electron chi connectivity index (χ0n) is 13.2. The van der Waals surface area contributed by atoms with E-state index >= 15 is 0 Å². The highest BCUT2D eigenvalue weighted by atomic mass is 16.5. The van der Waals surface area contributed by atoms with Gasteiger partial charge in [-0.3, -0.25) is 9.59 Å². The number of carbonyl (C=O) groups excluding carboxylic acids is 2. The molecule has 1 unspecified atom stereocenters. The second-order valence-corrected chi connectivity index (χ2v) is 5.89. The number of hydrogen-bond donors (Lipinski definition) is 2. The molecule has 2 rings (SSSR count). The van der Waals surface area contributed by atoms with Crippen molar-refractivity contribution in [3.8, 4) is 5.75 Å². The summed E-state index contributed by atoms with van der Waals surface area (Å²) in [6, 6.07) is 6.78. The molecule has 120 valence electrons. The molecule has 1 aliphatic rings. The van der Waals surface area contributed by atoms with Crippen LogP contribution in [0, 0.1) is 5.92 Å². The molecule has 1 aliphatic heterocycles. The third-order valence-corrected chi connectivity index (χ3v) is 3.66. The van der Waals surface area contributed by atoms with Crippen LogP contribution in [-0.4, -0.2) is 37.0 Å². The van der Waals surface area contributed by atoms with Gasteiger partial charge < -0.3 is 20.7 Å². The number of fused-ring (bicyclic) bond motifs is 1. The minimum Gasteiger partial charge on any atom is -0.487 e. The van der Waals surface area contributed by atoms with Crippen LogP contribution in [0.4, 0.5) is 5.69 Å². The predicted molar refractivity (Wildman–Crippen MR) is 84.7 cm³/mol. The number of hydrogen-bond acceptors (Lipinski definition) is 4. The average Bonchev–Trinajstić information content (AvgIpc) is 2.50. The zero-order valence-corrected chi connectivity index (χ0v) is 13.2. The van der Waals surface area contributed by atoms with Gasteiger partial charge in [0.1, 0.15) is 11.9 Å². The minimum atomic E-state index is -0.608. The molecule has 1 heterocycles. The molecule has 2 amide bonds. The molecular formula is C16H23N3O3. The van der Waals surface area contributed by atoms with E-state index < -0.39 is 6.04 Å². The maximum Gasteiger partial charge on any atom is 0.246 e. The van der Waals surface area contributed by atoms with E-state index in [9.17, 15) is 9.59 Å². The smallest absolute Gasteiger partial charge is 0.246 e. The summed E-state index contributed by atoms with van der Waals surface area (Å²) in [7, 11) is 0. The zero-order chi connectivity index (χ0) is 16.3. The first-order chi connectivity index (χ1) is 10.4. The van der Waals surface area contributed by atoms with Gasteiger partial charge in [0, 0.05) is 0 Å². The lowest BCUT2D eigenvalue weighted by Crippen LogP contribution is -2.50. The molecule has 0 aliphatic carbocycles. The highest BCUT2D eigenvalue weighted by molar-refractivity contribution is 5.98. The van der Waals surface area contributed by atoms with Crippen LogP contribution >= 0.6 is 0 Å². The number of nitrogens with one attached hydrogen (secondary N) is 1. The van der Waals surface area contributed by atoms with Gasteiger partial charge in [-0.05, 0) is 25.0 Å². The predicted octanol–water partition coefficient (Wildman–Crippen LogP) is 0.900. The normalized spacial score (nSPS) is 18.4. The fourth-order valence-corrected chi connectivity index (χ4v) is 2.30. The van der Waals surface area contributed by atoms with Crippen molar-refractivity contribution in [3.05, 3.63) is 24.3 Å². The van der Waals surface area contributed by atoms with Crippen LogP contribution < -0.4 is 20.7 Å². The van der Waals surface area contributed by atoms with Gasteiger partial charge in [-0.2, -0.15) is 0 Å². The minimum absolute atomic E-state index is 0.0271. The lowest BCUT2D eigenvalue weighted by atomic mass is 10.1. The van der Waals surface area contributed by atoms with Crippen molar-refractivity contribution in [3.63, 3.8) is 0 Å². The van der Waals surface area contributed by atoms with Crippen molar-refractivity contribution >= 4 is 17.5 Å². The molecule has 0 aromatic heterocycles. The molecule has 6 nitrogen and oxygen atoms in total. The van der Waals surface area contributed by atoms with E-state index in [0.29, 0.717) is 12.3 Å². The number of anilines is 1. The number of para-hydroxylation sites is 2. The highest BCUT2D eigenvalue weighted by Crippen LogP contribution is 2.32. The summed E-state index contributed by atoms with van der Waals surface area (Å²) in [6.07, 6.45) is -0.0903. The molecule has 3 N–H and O–H groups in total. The Morgan fingerprint density at radius 2 is 2.09 bits per heavy atom. The van der Waals surface area contributed by atoms with E-state index in [1.54, 1.807) is 4.90 Å². The summed E-state index contributed by atoms with van der Waals surface area (Å²) in [6.45, 7) is 6.03. The second-order valence-electron chi connectivity index (χ2n) is 5.89. The SMILES string of the molecule is CC1CN(C(=O)CNC(=O)[C@@H](N)C(C)C)c2ccccc2O1. The second kappa shape index (κ2) is 6.79. The van der Waals surface area contributed by atoms with Crippen LogP contribution in [0.3, 0.4) is 0 Å². The molecule has 22 heavy (non-hydrogen) atoms. The largest absolute Gasteiger partial charge is 0.487 e. The third-order valence-electron chi connectivity index (χ3n) is 3.66. The molecule has 0 bridgehead atoms. The molecule has 6 heteroatoms. The van der Waals surface area contributed by atoms with Crippen LogP contribution in [0.1, 0.15) is 20.8 Å². The fraction of sp³-hybridized carbons (Fsp3) is 0.500. The highest BCUT2D eigenvalue weighted by Gasteiger charge is 2.27. The molecule has 1 aromatic rings. The lowest BCUT2D eigenvalue weighted by molar-refractivity contribution is -0.126. The van der Waals surface area contributed by atoms with Gasteiger partial charge in [0.25, 0.3) is 0 Å². The van der Waals surface area contributed by atoms with E-state index in [1.807, 2.05) is 45.0 Å². The molecule has 0 spiro atoms. The van der Waals surface area contributed by atoms with Crippen molar-refractivity contribution < 1.29 is 14.3 Å². The Morgan fingerprint density at radius 3 is 2.77 bits per heavy atom. The van der Waals surface area contributed by atoms with Gasteiger partial charge in [0.2, 0.25) is 11.8 Å². The Balaban J connectivity index is 2.03. The van der Waals surface area contributed by atoms with Crippen LogP contribution in [0.2, 0.25) is 0 Å². The van der Waals surface area contributed by atoms with Crippen LogP contribution in [0.15, 0.2) is 24.3 Å². The Hall–Kier alpha value is -2.08. The number of carbonyl (C=O) groups is 2. The van der Waals surface area contributed by atoms with E-state index in [0.717, 1.165) is 5.69 Å². The standard InChI is InChI=1S/C16H23N3O3/c1-10(2)15(17)16(21)18-8-14(20)19-9-11(3)22-13-7-5-4-6-12(13)19/h4-7,10-11,15H,8-9,17H2,1-3H3,(H,18,21)/t11?,15-/m0/s1.